The Hall–Kier alpha value is -2.51. The minimum absolute atomic E-state index is 0.0619. The van der Waals surface area contributed by atoms with Crippen molar-refractivity contribution in [3.05, 3.63) is 57.7 Å². The SMILES string of the molecule is CC(=O)Nc1ccc(CNC(=O)Cc2csc(-c3ccsc3)n2)cc1. The Labute approximate surface area is 153 Å². The van der Waals surface area contributed by atoms with E-state index in [1.807, 2.05) is 46.5 Å². The Morgan fingerprint density at radius 3 is 2.60 bits per heavy atom. The molecule has 0 unspecified atom stereocenters. The number of rotatable bonds is 6. The average Bonchev–Trinajstić information content (AvgIpc) is 3.25. The van der Waals surface area contributed by atoms with Crippen LogP contribution < -0.4 is 10.6 Å². The van der Waals surface area contributed by atoms with Crippen LogP contribution in [0.15, 0.2) is 46.5 Å². The maximum absolute atomic E-state index is 12.1. The summed E-state index contributed by atoms with van der Waals surface area (Å²) >= 11 is 3.18. The molecule has 0 aliphatic heterocycles. The Morgan fingerprint density at radius 2 is 1.92 bits per heavy atom. The van der Waals surface area contributed by atoms with Gasteiger partial charge in [0.2, 0.25) is 11.8 Å². The molecular formula is C18H17N3O2S2. The molecule has 0 aliphatic rings. The molecule has 0 fully saturated rings. The first-order valence-electron chi connectivity index (χ1n) is 7.70. The highest BCUT2D eigenvalue weighted by atomic mass is 32.1. The lowest BCUT2D eigenvalue weighted by atomic mass is 10.2. The van der Waals surface area contributed by atoms with Gasteiger partial charge in [0.15, 0.2) is 0 Å². The van der Waals surface area contributed by atoms with E-state index in [1.165, 1.54) is 6.92 Å². The molecule has 25 heavy (non-hydrogen) atoms. The van der Waals surface area contributed by atoms with Crippen LogP contribution >= 0.6 is 22.7 Å². The summed E-state index contributed by atoms with van der Waals surface area (Å²) in [6.45, 7) is 1.91. The van der Waals surface area contributed by atoms with Crippen LogP contribution in [0.2, 0.25) is 0 Å². The molecule has 3 aromatic rings. The van der Waals surface area contributed by atoms with Crippen molar-refractivity contribution < 1.29 is 9.59 Å². The van der Waals surface area contributed by atoms with Gasteiger partial charge in [0, 0.05) is 35.5 Å². The molecule has 3 rings (SSSR count). The van der Waals surface area contributed by atoms with E-state index in [4.69, 9.17) is 0 Å². The lowest BCUT2D eigenvalue weighted by molar-refractivity contribution is -0.120. The van der Waals surface area contributed by atoms with E-state index < -0.39 is 0 Å². The maximum atomic E-state index is 12.1. The molecule has 2 aromatic heterocycles. The second-order valence-corrected chi connectivity index (χ2v) is 7.13. The standard InChI is InChI=1S/C18H17N3O2S2/c1-12(22)20-15-4-2-13(3-5-15)9-19-17(23)8-16-11-25-18(21-16)14-6-7-24-10-14/h2-7,10-11H,8-9H2,1H3,(H,19,23)(H,20,22). The molecule has 0 spiro atoms. The van der Waals surface area contributed by atoms with Crippen LogP contribution in [0.1, 0.15) is 18.2 Å². The quantitative estimate of drug-likeness (QED) is 0.694. The third-order valence-corrected chi connectivity index (χ3v) is 5.05. The zero-order chi connectivity index (χ0) is 17.6. The molecule has 5 nitrogen and oxygen atoms in total. The van der Waals surface area contributed by atoms with Crippen LogP contribution in [-0.4, -0.2) is 16.8 Å². The molecule has 0 radical (unpaired) electrons. The number of thiazole rings is 1. The molecule has 2 N–H and O–H groups in total. The fourth-order valence-electron chi connectivity index (χ4n) is 2.24. The van der Waals surface area contributed by atoms with Crippen LogP contribution in [-0.2, 0) is 22.6 Å². The van der Waals surface area contributed by atoms with E-state index in [0.29, 0.717) is 6.54 Å². The average molecular weight is 371 g/mol. The number of anilines is 1. The molecule has 0 saturated heterocycles. The third-order valence-electron chi connectivity index (χ3n) is 3.43. The Balaban J connectivity index is 1.50. The fourth-order valence-corrected chi connectivity index (χ4v) is 3.78. The summed E-state index contributed by atoms with van der Waals surface area (Å²) in [7, 11) is 0. The van der Waals surface area contributed by atoms with Crippen molar-refractivity contribution in [1.29, 1.82) is 0 Å². The van der Waals surface area contributed by atoms with Gasteiger partial charge in [0.05, 0.1) is 12.1 Å². The van der Waals surface area contributed by atoms with Gasteiger partial charge in [-0.25, -0.2) is 4.98 Å². The van der Waals surface area contributed by atoms with Crippen molar-refractivity contribution in [3.8, 4) is 10.6 Å². The number of benzene rings is 1. The molecule has 0 aliphatic carbocycles. The van der Waals surface area contributed by atoms with Gasteiger partial charge in [0.1, 0.15) is 5.01 Å². The number of nitrogens with one attached hydrogen (secondary N) is 2. The van der Waals surface area contributed by atoms with Crippen LogP contribution in [0, 0.1) is 0 Å². The topological polar surface area (TPSA) is 71.1 Å². The summed E-state index contributed by atoms with van der Waals surface area (Å²) in [5, 5.41) is 12.5. The second-order valence-electron chi connectivity index (χ2n) is 5.49. The van der Waals surface area contributed by atoms with Gasteiger partial charge in [-0.15, -0.1) is 11.3 Å². The maximum Gasteiger partial charge on any atom is 0.226 e. The summed E-state index contributed by atoms with van der Waals surface area (Å²) < 4.78 is 0. The highest BCUT2D eigenvalue weighted by Crippen LogP contribution is 2.25. The van der Waals surface area contributed by atoms with E-state index in [-0.39, 0.29) is 18.2 Å². The van der Waals surface area contributed by atoms with Gasteiger partial charge in [0.25, 0.3) is 0 Å². The Kier molecular flexibility index (Phi) is 5.57. The first-order chi connectivity index (χ1) is 12.1. The van der Waals surface area contributed by atoms with E-state index in [1.54, 1.807) is 22.7 Å². The number of aromatic nitrogens is 1. The highest BCUT2D eigenvalue weighted by Gasteiger charge is 2.09. The Morgan fingerprint density at radius 1 is 1.12 bits per heavy atom. The van der Waals surface area contributed by atoms with Crippen molar-refractivity contribution in [2.24, 2.45) is 0 Å². The monoisotopic (exact) mass is 371 g/mol. The summed E-state index contributed by atoms with van der Waals surface area (Å²) in [6, 6.07) is 9.41. The summed E-state index contributed by atoms with van der Waals surface area (Å²) in [4.78, 5) is 27.6. The number of hydrogen-bond donors (Lipinski definition) is 2. The van der Waals surface area contributed by atoms with E-state index in [9.17, 15) is 9.59 Å². The first-order valence-corrected chi connectivity index (χ1v) is 9.52. The Bertz CT molecular complexity index is 855. The van der Waals surface area contributed by atoms with Gasteiger partial charge < -0.3 is 10.6 Å². The predicted molar refractivity (Wildman–Crippen MR) is 102 cm³/mol. The number of thiophene rings is 1. The van der Waals surface area contributed by atoms with Crippen molar-refractivity contribution >= 4 is 40.2 Å². The van der Waals surface area contributed by atoms with E-state index in [0.717, 1.165) is 27.5 Å². The summed E-state index contributed by atoms with van der Waals surface area (Å²) in [6.07, 6.45) is 0.268. The van der Waals surface area contributed by atoms with E-state index in [2.05, 4.69) is 15.6 Å². The van der Waals surface area contributed by atoms with Crippen LogP contribution in [0.25, 0.3) is 10.6 Å². The van der Waals surface area contributed by atoms with Crippen molar-refractivity contribution in [2.75, 3.05) is 5.32 Å². The molecule has 1 aromatic carbocycles. The zero-order valence-electron chi connectivity index (χ0n) is 13.6. The van der Waals surface area contributed by atoms with Crippen molar-refractivity contribution in [2.45, 2.75) is 19.9 Å². The molecular weight excluding hydrogens is 354 g/mol. The second kappa shape index (κ2) is 8.04. The number of nitrogens with zero attached hydrogens (tertiary/aromatic N) is 1. The number of carbonyl (C=O) groups excluding carboxylic acids is 2. The van der Waals surface area contributed by atoms with Crippen molar-refractivity contribution in [1.82, 2.24) is 10.3 Å². The molecule has 0 atom stereocenters. The molecule has 0 bridgehead atoms. The van der Waals surface area contributed by atoms with Crippen LogP contribution in [0.4, 0.5) is 5.69 Å². The largest absolute Gasteiger partial charge is 0.352 e. The fraction of sp³-hybridized carbons (Fsp3) is 0.167. The normalized spacial score (nSPS) is 10.4. The summed E-state index contributed by atoms with van der Waals surface area (Å²) in [5.41, 5.74) is 3.59. The molecule has 128 valence electrons. The smallest absolute Gasteiger partial charge is 0.226 e. The molecule has 0 saturated carbocycles. The van der Waals surface area contributed by atoms with Gasteiger partial charge in [-0.1, -0.05) is 12.1 Å². The van der Waals surface area contributed by atoms with Gasteiger partial charge in [-0.3, -0.25) is 9.59 Å². The summed E-state index contributed by atoms with van der Waals surface area (Å²) in [5.74, 6) is -0.167. The first kappa shape index (κ1) is 17.3. The number of hydrogen-bond acceptors (Lipinski definition) is 5. The van der Waals surface area contributed by atoms with Crippen LogP contribution in [0.3, 0.4) is 0 Å². The minimum atomic E-state index is -0.105. The molecule has 7 heteroatoms. The lowest BCUT2D eigenvalue weighted by Crippen LogP contribution is -2.24. The minimum Gasteiger partial charge on any atom is -0.352 e. The third kappa shape index (κ3) is 4.98. The van der Waals surface area contributed by atoms with Gasteiger partial charge >= 0.3 is 0 Å². The van der Waals surface area contributed by atoms with Gasteiger partial charge in [-0.05, 0) is 29.1 Å². The molecule has 2 heterocycles. The number of carbonyl (C=O) groups is 2. The van der Waals surface area contributed by atoms with Crippen molar-refractivity contribution in [3.63, 3.8) is 0 Å². The molecule has 2 amide bonds. The van der Waals surface area contributed by atoms with E-state index >= 15 is 0 Å². The van der Waals surface area contributed by atoms with Crippen LogP contribution in [0.5, 0.6) is 0 Å². The lowest BCUT2D eigenvalue weighted by Gasteiger charge is -2.06. The number of amides is 2. The highest BCUT2D eigenvalue weighted by molar-refractivity contribution is 7.14. The van der Waals surface area contributed by atoms with Gasteiger partial charge in [-0.2, -0.15) is 11.3 Å². The predicted octanol–water partition coefficient (Wildman–Crippen LogP) is 3.69. The zero-order valence-corrected chi connectivity index (χ0v) is 15.2.